The van der Waals surface area contributed by atoms with Gasteiger partial charge in [-0.05, 0) is 36.4 Å². The number of carbonyl (C=O) groups is 1. The third kappa shape index (κ3) is 3.41. The number of alkyl halides is 3. The Hall–Kier alpha value is -2.41. The van der Waals surface area contributed by atoms with Crippen molar-refractivity contribution in [3.05, 3.63) is 52.5 Å². The summed E-state index contributed by atoms with van der Waals surface area (Å²) in [6.45, 7) is 0.808. The molecule has 24 heavy (non-hydrogen) atoms. The van der Waals surface area contributed by atoms with Crippen LogP contribution in [0.3, 0.4) is 0 Å². The number of ether oxygens (including phenoxy) is 2. The second-order valence-electron chi connectivity index (χ2n) is 5.00. The molecule has 1 heterocycles. The Morgan fingerprint density at radius 2 is 1.75 bits per heavy atom. The first kappa shape index (κ1) is 16.4. The lowest BCUT2D eigenvalue weighted by Gasteiger charge is -2.18. The van der Waals surface area contributed by atoms with Crippen LogP contribution in [0.4, 0.5) is 18.9 Å². The second kappa shape index (κ2) is 6.24. The topological polar surface area (TPSA) is 47.6 Å². The van der Waals surface area contributed by atoms with Gasteiger partial charge in [-0.15, -0.1) is 0 Å². The van der Waals surface area contributed by atoms with Crippen molar-refractivity contribution in [2.75, 3.05) is 18.5 Å². The highest BCUT2D eigenvalue weighted by atomic mass is 35.5. The van der Waals surface area contributed by atoms with Gasteiger partial charge >= 0.3 is 6.18 Å². The van der Waals surface area contributed by atoms with E-state index in [1.54, 1.807) is 6.07 Å². The summed E-state index contributed by atoms with van der Waals surface area (Å²) >= 11 is 5.82. The molecule has 1 amide bonds. The first-order chi connectivity index (χ1) is 11.3. The van der Waals surface area contributed by atoms with Gasteiger partial charge in [0.2, 0.25) is 0 Å². The van der Waals surface area contributed by atoms with Crippen molar-refractivity contribution in [1.29, 1.82) is 0 Å². The highest BCUT2D eigenvalue weighted by Crippen LogP contribution is 2.34. The lowest BCUT2D eigenvalue weighted by Crippen LogP contribution is -2.17. The van der Waals surface area contributed by atoms with Gasteiger partial charge in [-0.3, -0.25) is 4.79 Å². The zero-order chi connectivity index (χ0) is 17.3. The van der Waals surface area contributed by atoms with E-state index in [-0.39, 0.29) is 16.3 Å². The maximum atomic E-state index is 12.6. The zero-order valence-electron chi connectivity index (χ0n) is 12.1. The van der Waals surface area contributed by atoms with Gasteiger partial charge in [0.05, 0.1) is 16.3 Å². The Morgan fingerprint density at radius 3 is 2.42 bits per heavy atom. The summed E-state index contributed by atoms with van der Waals surface area (Å²) in [6, 6.07) is 7.35. The van der Waals surface area contributed by atoms with Gasteiger partial charge in [0.25, 0.3) is 5.91 Å². The van der Waals surface area contributed by atoms with Gasteiger partial charge in [-0.25, -0.2) is 0 Å². The van der Waals surface area contributed by atoms with Crippen LogP contribution in [0.15, 0.2) is 36.4 Å². The molecule has 0 bridgehead atoms. The average molecular weight is 358 g/mol. The minimum atomic E-state index is -4.50. The van der Waals surface area contributed by atoms with Gasteiger partial charge in [0, 0.05) is 5.56 Å². The smallest absolute Gasteiger partial charge is 0.416 e. The van der Waals surface area contributed by atoms with Gasteiger partial charge in [-0.1, -0.05) is 11.6 Å². The molecule has 0 aromatic heterocycles. The Morgan fingerprint density at radius 1 is 1.04 bits per heavy atom. The quantitative estimate of drug-likeness (QED) is 0.867. The molecule has 4 nitrogen and oxygen atoms in total. The van der Waals surface area contributed by atoms with Gasteiger partial charge in [-0.2, -0.15) is 13.2 Å². The molecule has 0 fully saturated rings. The predicted molar refractivity (Wildman–Crippen MR) is 81.8 cm³/mol. The molecule has 126 valence electrons. The Kier molecular flexibility index (Phi) is 4.28. The summed E-state index contributed by atoms with van der Waals surface area (Å²) < 4.78 is 48.6. The van der Waals surface area contributed by atoms with E-state index in [2.05, 4.69) is 5.32 Å². The van der Waals surface area contributed by atoms with Gasteiger partial charge < -0.3 is 14.8 Å². The van der Waals surface area contributed by atoms with Crippen molar-refractivity contribution in [2.24, 2.45) is 0 Å². The molecule has 0 aliphatic carbocycles. The second-order valence-corrected chi connectivity index (χ2v) is 5.41. The van der Waals surface area contributed by atoms with Crippen LogP contribution in [0.2, 0.25) is 5.02 Å². The molecule has 0 radical (unpaired) electrons. The molecule has 0 unspecified atom stereocenters. The fraction of sp³-hybridized carbons (Fsp3) is 0.188. The van der Waals surface area contributed by atoms with Gasteiger partial charge in [0.15, 0.2) is 11.5 Å². The molecule has 0 atom stereocenters. The number of carbonyl (C=O) groups excluding carboxylic acids is 1. The first-order valence-corrected chi connectivity index (χ1v) is 7.30. The van der Waals surface area contributed by atoms with E-state index in [9.17, 15) is 18.0 Å². The van der Waals surface area contributed by atoms with Crippen LogP contribution in [0, 0.1) is 0 Å². The van der Waals surface area contributed by atoms with Crippen molar-refractivity contribution in [3.8, 4) is 11.5 Å². The van der Waals surface area contributed by atoms with E-state index in [0.717, 1.165) is 18.2 Å². The number of benzene rings is 2. The van der Waals surface area contributed by atoms with Crippen molar-refractivity contribution in [1.82, 2.24) is 0 Å². The van der Waals surface area contributed by atoms with E-state index in [4.69, 9.17) is 21.1 Å². The summed E-state index contributed by atoms with van der Waals surface area (Å²) in [4.78, 5) is 12.2. The number of halogens is 4. The number of anilines is 1. The van der Waals surface area contributed by atoms with Crippen LogP contribution in [-0.2, 0) is 6.18 Å². The van der Waals surface area contributed by atoms with Crippen LogP contribution in [0.25, 0.3) is 0 Å². The normalized spacial score (nSPS) is 13.5. The third-order valence-electron chi connectivity index (χ3n) is 3.35. The predicted octanol–water partition coefficient (Wildman–Crippen LogP) is 4.38. The molecule has 2 aromatic carbocycles. The van der Waals surface area contributed by atoms with E-state index in [0.29, 0.717) is 24.7 Å². The SMILES string of the molecule is O=C(Nc1ccc(C(F)(F)F)cc1Cl)c1ccc2c(c1)OCCO2. The van der Waals surface area contributed by atoms with Crippen LogP contribution >= 0.6 is 11.6 Å². The number of hydrogen-bond acceptors (Lipinski definition) is 3. The minimum absolute atomic E-state index is 0.0876. The summed E-state index contributed by atoms with van der Waals surface area (Å²) in [5, 5.41) is 2.28. The fourth-order valence-electron chi connectivity index (χ4n) is 2.17. The Labute approximate surface area is 140 Å². The molecule has 1 N–H and O–H groups in total. The lowest BCUT2D eigenvalue weighted by molar-refractivity contribution is -0.137. The molecule has 2 aromatic rings. The zero-order valence-corrected chi connectivity index (χ0v) is 12.9. The average Bonchev–Trinajstić information content (AvgIpc) is 2.55. The highest BCUT2D eigenvalue weighted by Gasteiger charge is 2.31. The van der Waals surface area contributed by atoms with Crippen LogP contribution < -0.4 is 14.8 Å². The molecule has 0 saturated heterocycles. The Balaban J connectivity index is 1.80. The third-order valence-corrected chi connectivity index (χ3v) is 3.66. The minimum Gasteiger partial charge on any atom is -0.486 e. The molecular weight excluding hydrogens is 347 g/mol. The summed E-state index contributed by atoms with van der Waals surface area (Å²) in [5.74, 6) is 0.450. The standard InChI is InChI=1S/C16H11ClF3NO3/c17-11-8-10(16(18,19)20)2-3-12(11)21-15(22)9-1-4-13-14(7-9)24-6-5-23-13/h1-4,7-8H,5-6H2,(H,21,22). The number of amides is 1. The summed E-state index contributed by atoms with van der Waals surface area (Å²) in [6.07, 6.45) is -4.50. The van der Waals surface area contributed by atoms with Crippen LogP contribution in [0.5, 0.6) is 11.5 Å². The largest absolute Gasteiger partial charge is 0.486 e. The number of hydrogen-bond donors (Lipinski definition) is 1. The van der Waals surface area contributed by atoms with Crippen molar-refractivity contribution >= 4 is 23.2 Å². The maximum absolute atomic E-state index is 12.6. The van der Waals surface area contributed by atoms with Crippen LogP contribution in [-0.4, -0.2) is 19.1 Å². The molecule has 1 aliphatic heterocycles. The van der Waals surface area contributed by atoms with E-state index in [1.807, 2.05) is 0 Å². The van der Waals surface area contributed by atoms with Crippen molar-refractivity contribution in [3.63, 3.8) is 0 Å². The summed E-state index contributed by atoms with van der Waals surface area (Å²) in [5.41, 5.74) is -0.524. The fourth-order valence-corrected chi connectivity index (χ4v) is 2.40. The summed E-state index contributed by atoms with van der Waals surface area (Å²) in [7, 11) is 0. The van der Waals surface area contributed by atoms with E-state index in [1.165, 1.54) is 12.1 Å². The number of rotatable bonds is 2. The van der Waals surface area contributed by atoms with Crippen molar-refractivity contribution < 1.29 is 27.4 Å². The maximum Gasteiger partial charge on any atom is 0.416 e. The highest BCUT2D eigenvalue weighted by molar-refractivity contribution is 6.34. The van der Waals surface area contributed by atoms with E-state index < -0.39 is 17.6 Å². The molecular formula is C16H11ClF3NO3. The molecule has 8 heteroatoms. The molecule has 0 saturated carbocycles. The lowest BCUT2D eigenvalue weighted by atomic mass is 10.1. The number of fused-ring (bicyclic) bond motifs is 1. The Bertz CT molecular complexity index is 793. The first-order valence-electron chi connectivity index (χ1n) is 6.92. The van der Waals surface area contributed by atoms with Crippen LogP contribution in [0.1, 0.15) is 15.9 Å². The van der Waals surface area contributed by atoms with Crippen molar-refractivity contribution in [2.45, 2.75) is 6.18 Å². The van der Waals surface area contributed by atoms with E-state index >= 15 is 0 Å². The number of nitrogens with one attached hydrogen (secondary N) is 1. The monoisotopic (exact) mass is 357 g/mol. The molecule has 1 aliphatic rings. The molecule has 3 rings (SSSR count). The van der Waals surface area contributed by atoms with Gasteiger partial charge in [0.1, 0.15) is 13.2 Å². The molecule has 0 spiro atoms.